The largest absolute Gasteiger partial charge is 0.298 e. The molecule has 2 rings (SSSR count). The first-order valence-electron chi connectivity index (χ1n) is 6.16. The van der Waals surface area contributed by atoms with Crippen LogP contribution in [-0.4, -0.2) is 14.9 Å². The van der Waals surface area contributed by atoms with Gasteiger partial charge in [0.1, 0.15) is 4.70 Å². The molecular formula is C13H17BrN2OS. The summed E-state index contributed by atoms with van der Waals surface area (Å²) < 4.78 is 2.53. The Morgan fingerprint density at radius 3 is 3.00 bits per heavy atom. The highest BCUT2D eigenvalue weighted by Crippen LogP contribution is 2.20. The van der Waals surface area contributed by atoms with E-state index in [0.717, 1.165) is 40.5 Å². The average molecular weight is 329 g/mol. The van der Waals surface area contributed by atoms with Crippen LogP contribution in [0.2, 0.25) is 0 Å². The number of thiophene rings is 1. The first kappa shape index (κ1) is 13.7. The average Bonchev–Trinajstić information content (AvgIpc) is 2.74. The third-order valence-electron chi connectivity index (χ3n) is 3.09. The molecule has 1 atom stereocenters. The van der Waals surface area contributed by atoms with Gasteiger partial charge in [0.05, 0.1) is 11.8 Å². The van der Waals surface area contributed by atoms with Crippen LogP contribution in [-0.2, 0) is 6.54 Å². The summed E-state index contributed by atoms with van der Waals surface area (Å²) in [6.07, 6.45) is 3.95. The lowest BCUT2D eigenvalue weighted by molar-refractivity contribution is 0.446. The molecule has 18 heavy (non-hydrogen) atoms. The van der Waals surface area contributed by atoms with Crippen LogP contribution in [0.4, 0.5) is 0 Å². The molecule has 0 aliphatic heterocycles. The minimum absolute atomic E-state index is 0.0974. The second kappa shape index (κ2) is 5.97. The van der Waals surface area contributed by atoms with Crippen molar-refractivity contribution in [3.8, 4) is 0 Å². The first-order chi connectivity index (χ1) is 8.67. The number of fused-ring (bicyclic) bond motifs is 1. The van der Waals surface area contributed by atoms with Gasteiger partial charge in [-0.15, -0.1) is 11.3 Å². The summed E-state index contributed by atoms with van der Waals surface area (Å²) in [5.74, 6) is 0.494. The molecule has 0 aromatic carbocycles. The molecule has 0 amide bonds. The summed E-state index contributed by atoms with van der Waals surface area (Å²) in [4.78, 5) is 16.7. The van der Waals surface area contributed by atoms with Gasteiger partial charge in [-0.25, -0.2) is 4.98 Å². The van der Waals surface area contributed by atoms with Crippen molar-refractivity contribution in [2.75, 3.05) is 5.33 Å². The Hall–Kier alpha value is -0.680. The van der Waals surface area contributed by atoms with Gasteiger partial charge in [-0.05, 0) is 30.2 Å². The quantitative estimate of drug-likeness (QED) is 0.786. The van der Waals surface area contributed by atoms with E-state index in [0.29, 0.717) is 5.92 Å². The number of alkyl halides is 1. The molecule has 0 bridgehead atoms. The van der Waals surface area contributed by atoms with E-state index in [2.05, 4.69) is 27.8 Å². The summed E-state index contributed by atoms with van der Waals surface area (Å²) >= 11 is 5.01. The topological polar surface area (TPSA) is 34.9 Å². The maximum absolute atomic E-state index is 12.3. The zero-order chi connectivity index (χ0) is 13.1. The number of nitrogens with zero attached hydrogens (tertiary/aromatic N) is 2. The van der Waals surface area contributed by atoms with Crippen molar-refractivity contribution in [2.24, 2.45) is 5.92 Å². The van der Waals surface area contributed by atoms with Gasteiger partial charge in [0.2, 0.25) is 0 Å². The van der Waals surface area contributed by atoms with E-state index in [1.54, 1.807) is 10.9 Å². The molecule has 0 N–H and O–H groups in total. The third kappa shape index (κ3) is 2.67. The van der Waals surface area contributed by atoms with E-state index in [-0.39, 0.29) is 5.56 Å². The molecule has 0 aliphatic rings. The molecule has 0 fully saturated rings. The van der Waals surface area contributed by atoms with E-state index in [4.69, 9.17) is 0 Å². The second-order valence-corrected chi connectivity index (χ2v) is 6.13. The number of hydrogen-bond acceptors (Lipinski definition) is 3. The molecule has 0 saturated heterocycles. The summed E-state index contributed by atoms with van der Waals surface area (Å²) in [5.41, 5.74) is 2.04. The highest BCUT2D eigenvalue weighted by atomic mass is 79.9. The first-order valence-corrected chi connectivity index (χ1v) is 8.16. The Morgan fingerprint density at radius 1 is 1.56 bits per heavy atom. The van der Waals surface area contributed by atoms with Crippen LogP contribution >= 0.6 is 27.3 Å². The normalized spacial score (nSPS) is 13.1. The lowest BCUT2D eigenvalue weighted by Gasteiger charge is -2.14. The van der Waals surface area contributed by atoms with Gasteiger partial charge in [-0.1, -0.05) is 29.3 Å². The minimum Gasteiger partial charge on any atom is -0.298 e. The Morgan fingerprint density at radius 2 is 2.33 bits per heavy atom. The van der Waals surface area contributed by atoms with Crippen molar-refractivity contribution < 1.29 is 0 Å². The third-order valence-corrected chi connectivity index (χ3v) is 5.08. The summed E-state index contributed by atoms with van der Waals surface area (Å²) in [6.45, 7) is 4.91. The molecule has 2 aromatic heterocycles. The second-order valence-electron chi connectivity index (χ2n) is 4.61. The maximum atomic E-state index is 12.3. The van der Waals surface area contributed by atoms with Gasteiger partial charge in [0, 0.05) is 11.9 Å². The molecule has 0 aliphatic carbocycles. The Labute approximate surface area is 119 Å². The molecule has 2 aromatic rings. The van der Waals surface area contributed by atoms with Gasteiger partial charge in [-0.3, -0.25) is 9.36 Å². The van der Waals surface area contributed by atoms with Crippen molar-refractivity contribution in [2.45, 2.75) is 33.2 Å². The fourth-order valence-corrected chi connectivity index (χ4v) is 3.57. The number of hydrogen-bond donors (Lipinski definition) is 0. The minimum atomic E-state index is 0.0974. The van der Waals surface area contributed by atoms with Gasteiger partial charge in [0.15, 0.2) is 0 Å². The highest BCUT2D eigenvalue weighted by Gasteiger charge is 2.12. The number of halogens is 1. The van der Waals surface area contributed by atoms with Crippen LogP contribution in [0, 0.1) is 12.8 Å². The molecule has 0 radical (unpaired) electrons. The highest BCUT2D eigenvalue weighted by molar-refractivity contribution is 9.09. The molecule has 0 saturated carbocycles. The van der Waals surface area contributed by atoms with Crippen LogP contribution in [0.3, 0.4) is 0 Å². The summed E-state index contributed by atoms with van der Waals surface area (Å²) in [6, 6.07) is 0. The van der Waals surface area contributed by atoms with Crippen LogP contribution in [0.15, 0.2) is 16.5 Å². The molecule has 2 heterocycles. The van der Waals surface area contributed by atoms with Gasteiger partial charge in [0.25, 0.3) is 5.56 Å². The Balaban J connectivity index is 2.34. The maximum Gasteiger partial charge on any atom is 0.271 e. The van der Waals surface area contributed by atoms with Crippen LogP contribution < -0.4 is 5.56 Å². The summed E-state index contributed by atoms with van der Waals surface area (Å²) in [5, 5.41) is 2.92. The zero-order valence-corrected chi connectivity index (χ0v) is 13.1. The predicted octanol–water partition coefficient (Wildman–Crippen LogP) is 3.58. The molecular weight excluding hydrogens is 312 g/mol. The van der Waals surface area contributed by atoms with Crippen molar-refractivity contribution in [1.29, 1.82) is 0 Å². The molecule has 3 nitrogen and oxygen atoms in total. The van der Waals surface area contributed by atoms with E-state index in [1.165, 1.54) is 11.3 Å². The Bertz CT molecular complexity index is 590. The standard InChI is InChI=1S/C13H17BrN2OS/c1-3-4-10(5-14)6-16-8-15-11-9(2)7-18-12(11)13(16)17/h7-8,10H,3-6H2,1-2H3. The Kier molecular flexibility index (Phi) is 4.56. The van der Waals surface area contributed by atoms with Crippen molar-refractivity contribution in [3.05, 3.63) is 27.6 Å². The van der Waals surface area contributed by atoms with E-state index < -0.39 is 0 Å². The van der Waals surface area contributed by atoms with Crippen LogP contribution in [0.25, 0.3) is 10.2 Å². The van der Waals surface area contributed by atoms with Gasteiger partial charge < -0.3 is 0 Å². The number of rotatable bonds is 5. The molecule has 5 heteroatoms. The van der Waals surface area contributed by atoms with Gasteiger partial charge in [-0.2, -0.15) is 0 Å². The van der Waals surface area contributed by atoms with Crippen molar-refractivity contribution in [1.82, 2.24) is 9.55 Å². The fourth-order valence-electron chi connectivity index (χ4n) is 2.09. The number of aromatic nitrogens is 2. The molecule has 98 valence electrons. The predicted molar refractivity (Wildman–Crippen MR) is 80.8 cm³/mol. The fraction of sp³-hybridized carbons (Fsp3) is 0.538. The lowest BCUT2D eigenvalue weighted by atomic mass is 10.1. The molecule has 1 unspecified atom stereocenters. The van der Waals surface area contributed by atoms with E-state index >= 15 is 0 Å². The molecule has 0 spiro atoms. The monoisotopic (exact) mass is 328 g/mol. The smallest absolute Gasteiger partial charge is 0.271 e. The van der Waals surface area contributed by atoms with Crippen LogP contribution in [0.5, 0.6) is 0 Å². The summed E-state index contributed by atoms with van der Waals surface area (Å²) in [7, 11) is 0. The van der Waals surface area contributed by atoms with Crippen molar-refractivity contribution in [3.63, 3.8) is 0 Å². The number of aryl methyl sites for hydroxylation is 1. The van der Waals surface area contributed by atoms with E-state index in [1.807, 2.05) is 12.3 Å². The van der Waals surface area contributed by atoms with E-state index in [9.17, 15) is 4.79 Å². The zero-order valence-electron chi connectivity index (χ0n) is 10.6. The SMILES string of the molecule is CCCC(CBr)Cn1cnc2c(C)csc2c1=O. The van der Waals surface area contributed by atoms with Crippen molar-refractivity contribution >= 4 is 37.5 Å². The van der Waals surface area contributed by atoms with Gasteiger partial charge >= 0.3 is 0 Å². The van der Waals surface area contributed by atoms with Crippen LogP contribution in [0.1, 0.15) is 25.3 Å². The lowest BCUT2D eigenvalue weighted by Crippen LogP contribution is -2.24.